The fourth-order valence-electron chi connectivity index (χ4n) is 5.20. The first-order chi connectivity index (χ1) is 11.5. The zero-order valence-electron chi connectivity index (χ0n) is 14.5. The van der Waals surface area contributed by atoms with E-state index < -0.39 is 0 Å². The van der Waals surface area contributed by atoms with Gasteiger partial charge in [0.25, 0.3) is 0 Å². The zero-order valence-corrected chi connectivity index (χ0v) is 14.5. The molecule has 2 saturated carbocycles. The molecule has 2 unspecified atom stereocenters. The number of fused-ring (bicyclic) bond motifs is 1. The van der Waals surface area contributed by atoms with Gasteiger partial charge < -0.3 is 11.5 Å². The van der Waals surface area contributed by atoms with E-state index in [-0.39, 0.29) is 5.41 Å². The fourth-order valence-corrected chi connectivity index (χ4v) is 5.20. The van der Waals surface area contributed by atoms with Crippen molar-refractivity contribution in [1.82, 2.24) is 0 Å². The second-order valence-electron chi connectivity index (χ2n) is 7.84. The monoisotopic (exact) mass is 318 g/mol. The topological polar surface area (TPSA) is 52.0 Å². The molecule has 0 amide bonds. The minimum absolute atomic E-state index is 0.0714. The van der Waals surface area contributed by atoms with Crippen LogP contribution in [0.15, 0.2) is 48.5 Å². The van der Waals surface area contributed by atoms with E-state index in [9.17, 15) is 0 Å². The van der Waals surface area contributed by atoms with E-state index in [4.69, 9.17) is 11.5 Å². The summed E-state index contributed by atoms with van der Waals surface area (Å²) in [6.07, 6.45) is 3.92. The molecule has 0 aliphatic heterocycles. The lowest BCUT2D eigenvalue weighted by atomic mass is 9.68. The molecule has 2 aliphatic carbocycles. The fraction of sp³-hybridized carbons (Fsp3) is 0.364. The van der Waals surface area contributed by atoms with E-state index in [0.717, 1.165) is 11.4 Å². The van der Waals surface area contributed by atoms with Crippen molar-refractivity contribution in [2.24, 2.45) is 17.3 Å². The van der Waals surface area contributed by atoms with Crippen molar-refractivity contribution in [3.05, 3.63) is 71.5 Å². The number of nitrogens with two attached hydrogens (primary N) is 2. The van der Waals surface area contributed by atoms with E-state index in [1.165, 1.54) is 30.4 Å². The van der Waals surface area contributed by atoms with Gasteiger partial charge in [0.1, 0.15) is 0 Å². The maximum absolute atomic E-state index is 5.91. The molecule has 2 atom stereocenters. The Morgan fingerprint density at radius 2 is 1.08 bits per heavy atom. The first-order valence-electron chi connectivity index (χ1n) is 8.95. The van der Waals surface area contributed by atoms with Gasteiger partial charge in [-0.25, -0.2) is 0 Å². The third-order valence-electron chi connectivity index (χ3n) is 6.05. The predicted molar refractivity (Wildman–Crippen MR) is 101 cm³/mol. The number of hydrogen-bond donors (Lipinski definition) is 2. The average Bonchev–Trinajstić information content (AvgIpc) is 3.07. The molecular weight excluding hydrogens is 292 g/mol. The molecule has 24 heavy (non-hydrogen) atoms. The number of benzene rings is 2. The van der Waals surface area contributed by atoms with E-state index in [1.807, 2.05) is 24.3 Å². The van der Waals surface area contributed by atoms with Crippen LogP contribution in [0.25, 0.3) is 0 Å². The summed E-state index contributed by atoms with van der Waals surface area (Å²) in [5, 5.41) is 0. The lowest BCUT2D eigenvalue weighted by Gasteiger charge is -2.35. The van der Waals surface area contributed by atoms with E-state index >= 15 is 0 Å². The maximum atomic E-state index is 5.91. The minimum Gasteiger partial charge on any atom is -0.399 e. The average molecular weight is 318 g/mol. The Kier molecular flexibility index (Phi) is 3.59. The first-order valence-corrected chi connectivity index (χ1v) is 8.95. The predicted octanol–water partition coefficient (Wildman–Crippen LogP) is 4.85. The highest BCUT2D eigenvalue weighted by atomic mass is 14.6. The molecule has 2 heteroatoms. The van der Waals surface area contributed by atoms with Crippen LogP contribution in [0.4, 0.5) is 11.4 Å². The van der Waals surface area contributed by atoms with E-state index in [2.05, 4.69) is 38.1 Å². The van der Waals surface area contributed by atoms with Gasteiger partial charge in [0, 0.05) is 23.2 Å². The van der Waals surface area contributed by atoms with Crippen LogP contribution in [-0.2, 0) is 0 Å². The molecule has 2 aromatic carbocycles. The van der Waals surface area contributed by atoms with Crippen molar-refractivity contribution in [3.8, 4) is 0 Å². The molecule has 0 spiro atoms. The second kappa shape index (κ2) is 5.54. The van der Waals surface area contributed by atoms with Gasteiger partial charge in [0.2, 0.25) is 0 Å². The molecule has 0 bridgehead atoms. The van der Waals surface area contributed by atoms with Gasteiger partial charge in [0.15, 0.2) is 0 Å². The summed E-state index contributed by atoms with van der Waals surface area (Å²) in [5.41, 5.74) is 16.3. The Labute approximate surface area is 145 Å². The van der Waals surface area contributed by atoms with Gasteiger partial charge >= 0.3 is 0 Å². The van der Waals surface area contributed by atoms with Gasteiger partial charge in [-0.1, -0.05) is 44.5 Å². The molecule has 124 valence electrons. The zero-order chi connectivity index (χ0) is 16.9. The maximum Gasteiger partial charge on any atom is 0.0314 e. The highest BCUT2D eigenvalue weighted by molar-refractivity contribution is 5.55. The molecular formula is C22H26N2. The highest BCUT2D eigenvalue weighted by Gasteiger charge is 2.57. The minimum atomic E-state index is 0.0714. The van der Waals surface area contributed by atoms with Crippen LogP contribution in [-0.4, -0.2) is 0 Å². The molecule has 4 rings (SSSR count). The summed E-state index contributed by atoms with van der Waals surface area (Å²) in [6, 6.07) is 16.9. The number of hydrogen-bond acceptors (Lipinski definition) is 2. The highest BCUT2D eigenvalue weighted by Crippen LogP contribution is 2.66. The van der Waals surface area contributed by atoms with Gasteiger partial charge in [-0.2, -0.15) is 0 Å². The summed E-state index contributed by atoms with van der Waals surface area (Å²) in [6.45, 7) is 4.78. The quantitative estimate of drug-likeness (QED) is 0.777. The molecule has 2 aliphatic rings. The SMILES string of the molecule is CC1(C)[C](c2ccc(N)cc2)C2CCCC2[C]1c1ccc(N)cc1. The van der Waals surface area contributed by atoms with Crippen molar-refractivity contribution in [2.75, 3.05) is 11.5 Å². The Hall–Kier alpha value is -1.96. The standard InChI is InChI=1S/C22H26N2/c1-22(2)20(14-6-10-16(23)11-7-14)18-4-3-5-19(18)21(22)15-8-12-17(24)13-9-15/h6-13,18-19H,3-5,23-24H2,1-2H3. The van der Waals surface area contributed by atoms with Crippen LogP contribution >= 0.6 is 0 Å². The molecule has 2 radical (unpaired) electrons. The van der Waals surface area contributed by atoms with Crippen molar-refractivity contribution < 1.29 is 0 Å². The molecule has 0 aromatic heterocycles. The Balaban J connectivity index is 1.78. The molecule has 2 fully saturated rings. The van der Waals surface area contributed by atoms with Crippen molar-refractivity contribution in [1.29, 1.82) is 0 Å². The number of rotatable bonds is 2. The molecule has 4 N–H and O–H groups in total. The van der Waals surface area contributed by atoms with Crippen molar-refractivity contribution >= 4 is 11.4 Å². The normalized spacial score (nSPS) is 26.6. The smallest absolute Gasteiger partial charge is 0.0314 e. The Morgan fingerprint density at radius 1 is 0.708 bits per heavy atom. The summed E-state index contributed by atoms with van der Waals surface area (Å²) >= 11 is 0. The summed E-state index contributed by atoms with van der Waals surface area (Å²) in [4.78, 5) is 0. The second-order valence-corrected chi connectivity index (χ2v) is 7.84. The third kappa shape index (κ3) is 2.31. The molecule has 0 saturated heterocycles. The van der Waals surface area contributed by atoms with Crippen LogP contribution in [0.2, 0.25) is 0 Å². The summed E-state index contributed by atoms with van der Waals surface area (Å²) in [7, 11) is 0. The van der Waals surface area contributed by atoms with E-state index in [0.29, 0.717) is 11.8 Å². The van der Waals surface area contributed by atoms with Crippen molar-refractivity contribution in [2.45, 2.75) is 33.1 Å². The molecule has 0 heterocycles. The van der Waals surface area contributed by atoms with Gasteiger partial charge in [-0.3, -0.25) is 0 Å². The molecule has 2 nitrogen and oxygen atoms in total. The lowest BCUT2D eigenvalue weighted by Crippen LogP contribution is -2.26. The lowest BCUT2D eigenvalue weighted by molar-refractivity contribution is 0.436. The van der Waals surface area contributed by atoms with E-state index in [1.54, 1.807) is 11.8 Å². The Bertz CT molecular complexity index is 653. The van der Waals surface area contributed by atoms with Crippen LogP contribution in [0.3, 0.4) is 0 Å². The first kappa shape index (κ1) is 15.6. The largest absolute Gasteiger partial charge is 0.399 e. The van der Waals surface area contributed by atoms with Crippen LogP contribution in [0.1, 0.15) is 44.2 Å². The van der Waals surface area contributed by atoms with Gasteiger partial charge in [0.05, 0.1) is 0 Å². The number of anilines is 2. The third-order valence-corrected chi connectivity index (χ3v) is 6.05. The van der Waals surface area contributed by atoms with Gasteiger partial charge in [-0.05, 0) is 65.5 Å². The van der Waals surface area contributed by atoms with Crippen LogP contribution in [0.5, 0.6) is 0 Å². The van der Waals surface area contributed by atoms with Gasteiger partial charge in [-0.15, -0.1) is 0 Å². The summed E-state index contributed by atoms with van der Waals surface area (Å²) < 4.78 is 0. The number of nitrogen functional groups attached to an aromatic ring is 2. The van der Waals surface area contributed by atoms with Crippen LogP contribution < -0.4 is 11.5 Å². The van der Waals surface area contributed by atoms with Crippen LogP contribution in [0, 0.1) is 29.1 Å². The molecule has 2 aromatic rings. The Morgan fingerprint density at radius 3 is 1.46 bits per heavy atom. The van der Waals surface area contributed by atoms with Crippen molar-refractivity contribution in [3.63, 3.8) is 0 Å². The summed E-state index contributed by atoms with van der Waals surface area (Å²) in [5.74, 6) is 4.51.